The highest BCUT2D eigenvalue weighted by Crippen LogP contribution is 2.33. The SMILES string of the molecule is CCCCOC(C)CC(=O)O.O=C1C=C(N2CC2)C(=O)C(N2CC2)=C1N1CC1. The lowest BCUT2D eigenvalue weighted by Crippen LogP contribution is -2.29. The number of allylic oxidation sites excluding steroid dienone is 1. The molecule has 4 rings (SSSR count). The third-order valence-corrected chi connectivity index (χ3v) is 4.85. The van der Waals surface area contributed by atoms with Crippen LogP contribution in [0.4, 0.5) is 0 Å². The highest BCUT2D eigenvalue weighted by atomic mass is 16.5. The number of Topliss-reactive ketones (excluding diaryl/α,β-unsaturated/α-hetero) is 1. The summed E-state index contributed by atoms with van der Waals surface area (Å²) in [5.74, 6) is -0.749. The zero-order valence-electron chi connectivity index (χ0n) is 16.6. The van der Waals surface area contributed by atoms with Crippen LogP contribution in [0.25, 0.3) is 0 Å². The summed E-state index contributed by atoms with van der Waals surface area (Å²) in [6, 6.07) is 0. The number of hydrogen-bond donors (Lipinski definition) is 1. The van der Waals surface area contributed by atoms with Gasteiger partial charge in [-0.15, -0.1) is 0 Å². The molecule has 0 radical (unpaired) electrons. The van der Waals surface area contributed by atoms with Gasteiger partial charge in [-0.3, -0.25) is 14.4 Å². The molecule has 0 aromatic heterocycles. The molecule has 4 aliphatic rings. The van der Waals surface area contributed by atoms with Crippen molar-refractivity contribution >= 4 is 17.5 Å². The summed E-state index contributed by atoms with van der Waals surface area (Å²) in [6.45, 7) is 9.93. The third kappa shape index (κ3) is 5.34. The molecular weight excluding hydrogens is 362 g/mol. The first-order valence-corrected chi connectivity index (χ1v) is 10.1. The molecule has 0 saturated carbocycles. The Hall–Kier alpha value is -2.35. The van der Waals surface area contributed by atoms with E-state index in [0.717, 1.165) is 52.1 Å². The molecule has 1 unspecified atom stereocenters. The summed E-state index contributed by atoms with van der Waals surface area (Å²) < 4.78 is 5.21. The van der Waals surface area contributed by atoms with Gasteiger partial charge in [0.2, 0.25) is 11.6 Å². The Balaban J connectivity index is 0.000000180. The third-order valence-electron chi connectivity index (χ3n) is 4.85. The minimum absolute atomic E-state index is 0.00546. The van der Waals surface area contributed by atoms with Crippen molar-refractivity contribution in [3.63, 3.8) is 0 Å². The molecule has 0 amide bonds. The summed E-state index contributed by atoms with van der Waals surface area (Å²) in [5.41, 5.74) is 1.89. The molecular formula is C20H29N3O5. The second-order valence-electron chi connectivity index (χ2n) is 7.51. The van der Waals surface area contributed by atoms with E-state index < -0.39 is 5.97 Å². The summed E-state index contributed by atoms with van der Waals surface area (Å²) >= 11 is 0. The van der Waals surface area contributed by atoms with Crippen LogP contribution in [-0.2, 0) is 19.1 Å². The number of hydrogen-bond acceptors (Lipinski definition) is 7. The number of carbonyl (C=O) groups is 3. The van der Waals surface area contributed by atoms with Gasteiger partial charge in [0.05, 0.1) is 18.2 Å². The predicted octanol–water partition coefficient (Wildman–Crippen LogP) is 0.847. The van der Waals surface area contributed by atoms with Gasteiger partial charge in [0.1, 0.15) is 11.4 Å². The average molecular weight is 391 g/mol. The second kappa shape index (κ2) is 8.77. The maximum atomic E-state index is 12.4. The molecule has 3 aliphatic heterocycles. The highest BCUT2D eigenvalue weighted by Gasteiger charge is 2.43. The normalized spacial score (nSPS) is 21.2. The van der Waals surface area contributed by atoms with Gasteiger partial charge in [-0.25, -0.2) is 0 Å². The number of aliphatic carboxylic acids is 1. The Morgan fingerprint density at radius 2 is 1.64 bits per heavy atom. The van der Waals surface area contributed by atoms with E-state index in [1.54, 1.807) is 6.92 Å². The number of carboxylic acids is 1. The zero-order chi connectivity index (χ0) is 20.3. The number of unbranched alkanes of at least 4 members (excludes halogenated alkanes) is 1. The van der Waals surface area contributed by atoms with Gasteiger partial charge in [0.25, 0.3) is 0 Å². The van der Waals surface area contributed by atoms with Crippen LogP contribution in [0, 0.1) is 0 Å². The fraction of sp³-hybridized carbons (Fsp3) is 0.650. The van der Waals surface area contributed by atoms with E-state index in [1.807, 2.05) is 14.7 Å². The molecule has 0 aromatic rings. The number of ketones is 2. The number of ether oxygens (including phenoxy) is 1. The molecule has 3 fully saturated rings. The Morgan fingerprint density at radius 1 is 1.07 bits per heavy atom. The van der Waals surface area contributed by atoms with Crippen LogP contribution in [0.2, 0.25) is 0 Å². The van der Waals surface area contributed by atoms with Crippen LogP contribution in [0.1, 0.15) is 33.1 Å². The van der Waals surface area contributed by atoms with Gasteiger partial charge in [-0.1, -0.05) is 13.3 Å². The molecule has 1 atom stereocenters. The molecule has 3 saturated heterocycles. The molecule has 0 spiro atoms. The summed E-state index contributed by atoms with van der Waals surface area (Å²) in [5, 5.41) is 8.36. The van der Waals surface area contributed by atoms with Crippen LogP contribution in [0.3, 0.4) is 0 Å². The van der Waals surface area contributed by atoms with E-state index in [9.17, 15) is 14.4 Å². The maximum absolute atomic E-state index is 12.4. The van der Waals surface area contributed by atoms with Crippen molar-refractivity contribution in [1.29, 1.82) is 0 Å². The molecule has 0 aromatic carbocycles. The molecule has 0 bridgehead atoms. The Bertz CT molecular complexity index is 703. The highest BCUT2D eigenvalue weighted by molar-refractivity contribution is 6.22. The van der Waals surface area contributed by atoms with Gasteiger partial charge >= 0.3 is 5.97 Å². The van der Waals surface area contributed by atoms with Gasteiger partial charge in [0, 0.05) is 52.0 Å². The fourth-order valence-electron chi connectivity index (χ4n) is 3.01. The standard InChI is InChI=1S/C12H13N3O2.C8H16O3/c16-9-7-8(13-1-2-13)12(17)11(15-5-6-15)10(9)14-3-4-14;1-3-4-5-11-7(2)6-8(9)10/h7H,1-6H2;7H,3-6H2,1-2H3,(H,9,10). The van der Waals surface area contributed by atoms with E-state index in [-0.39, 0.29) is 24.1 Å². The van der Waals surface area contributed by atoms with Crippen molar-refractivity contribution in [2.24, 2.45) is 0 Å². The molecule has 8 nitrogen and oxygen atoms in total. The van der Waals surface area contributed by atoms with Crippen molar-refractivity contribution < 1.29 is 24.2 Å². The van der Waals surface area contributed by atoms with Gasteiger partial charge in [-0.2, -0.15) is 0 Å². The Morgan fingerprint density at radius 3 is 2.14 bits per heavy atom. The van der Waals surface area contributed by atoms with Crippen molar-refractivity contribution in [3.8, 4) is 0 Å². The number of carboxylic acid groups (broad SMARTS) is 1. The van der Waals surface area contributed by atoms with Crippen LogP contribution < -0.4 is 0 Å². The monoisotopic (exact) mass is 391 g/mol. The number of nitrogens with zero attached hydrogens (tertiary/aromatic N) is 3. The topological polar surface area (TPSA) is 89.7 Å². The van der Waals surface area contributed by atoms with Crippen molar-refractivity contribution in [2.45, 2.75) is 39.2 Å². The predicted molar refractivity (Wildman–Crippen MR) is 102 cm³/mol. The average Bonchev–Trinajstić information content (AvgIpc) is 3.46. The van der Waals surface area contributed by atoms with Crippen LogP contribution in [-0.4, -0.2) is 89.3 Å². The smallest absolute Gasteiger partial charge is 0.305 e. The Labute approximate surface area is 165 Å². The summed E-state index contributed by atoms with van der Waals surface area (Å²) in [7, 11) is 0. The summed E-state index contributed by atoms with van der Waals surface area (Å²) in [6.07, 6.45) is 3.56. The first-order valence-electron chi connectivity index (χ1n) is 10.1. The maximum Gasteiger partial charge on any atom is 0.305 e. The quantitative estimate of drug-likeness (QED) is 0.351. The molecule has 1 aliphatic carbocycles. The lowest BCUT2D eigenvalue weighted by Gasteiger charge is -2.21. The van der Waals surface area contributed by atoms with E-state index in [2.05, 4.69) is 6.92 Å². The fourth-order valence-corrected chi connectivity index (χ4v) is 3.01. The van der Waals surface area contributed by atoms with E-state index in [0.29, 0.717) is 23.7 Å². The lowest BCUT2D eigenvalue weighted by atomic mass is 10.0. The number of carbonyl (C=O) groups excluding carboxylic acids is 2. The van der Waals surface area contributed by atoms with Crippen molar-refractivity contribution in [2.75, 3.05) is 45.9 Å². The zero-order valence-corrected chi connectivity index (χ0v) is 16.6. The molecule has 8 heteroatoms. The molecule has 3 heterocycles. The van der Waals surface area contributed by atoms with Gasteiger partial charge in [0.15, 0.2) is 0 Å². The van der Waals surface area contributed by atoms with Crippen molar-refractivity contribution in [3.05, 3.63) is 23.2 Å². The minimum atomic E-state index is -0.797. The largest absolute Gasteiger partial charge is 0.481 e. The van der Waals surface area contributed by atoms with Gasteiger partial charge < -0.3 is 24.5 Å². The van der Waals surface area contributed by atoms with E-state index in [4.69, 9.17) is 9.84 Å². The number of rotatable bonds is 9. The van der Waals surface area contributed by atoms with E-state index >= 15 is 0 Å². The van der Waals surface area contributed by atoms with Crippen LogP contribution in [0.5, 0.6) is 0 Å². The molecule has 154 valence electrons. The Kier molecular flexibility index (Phi) is 6.39. The summed E-state index contributed by atoms with van der Waals surface area (Å²) in [4.78, 5) is 40.6. The van der Waals surface area contributed by atoms with Crippen molar-refractivity contribution in [1.82, 2.24) is 14.7 Å². The lowest BCUT2D eigenvalue weighted by molar-refractivity contribution is -0.139. The van der Waals surface area contributed by atoms with E-state index in [1.165, 1.54) is 6.08 Å². The first kappa shape index (κ1) is 20.4. The second-order valence-corrected chi connectivity index (χ2v) is 7.51. The van der Waals surface area contributed by atoms with Gasteiger partial charge in [-0.05, 0) is 13.3 Å². The van der Waals surface area contributed by atoms with Crippen LogP contribution >= 0.6 is 0 Å². The molecule has 28 heavy (non-hydrogen) atoms. The first-order chi connectivity index (χ1) is 13.4. The van der Waals surface area contributed by atoms with Crippen LogP contribution in [0.15, 0.2) is 23.2 Å². The minimum Gasteiger partial charge on any atom is -0.481 e. The molecule has 1 N–H and O–H groups in total.